The minimum absolute atomic E-state index is 0.251. The van der Waals surface area contributed by atoms with Gasteiger partial charge in [-0.1, -0.05) is 54.6 Å². The highest BCUT2D eigenvalue weighted by atomic mass is 16.2. The summed E-state index contributed by atoms with van der Waals surface area (Å²) in [5.41, 5.74) is 5.20. The van der Waals surface area contributed by atoms with E-state index in [4.69, 9.17) is 10.4 Å². The predicted molar refractivity (Wildman–Crippen MR) is 120 cm³/mol. The topological polar surface area (TPSA) is 83.6 Å². The third kappa shape index (κ3) is 4.36. The number of aryl methyl sites for hydroxylation is 2. The van der Waals surface area contributed by atoms with Crippen LogP contribution in [0.25, 0.3) is 11.3 Å². The van der Waals surface area contributed by atoms with Crippen molar-refractivity contribution in [2.24, 2.45) is 0 Å². The summed E-state index contributed by atoms with van der Waals surface area (Å²) in [6, 6.07) is 25.1. The molecule has 0 aliphatic rings. The third-order valence-electron chi connectivity index (χ3n) is 5.06. The van der Waals surface area contributed by atoms with Gasteiger partial charge in [0, 0.05) is 11.6 Å². The zero-order valence-electron chi connectivity index (χ0n) is 17.3. The van der Waals surface area contributed by atoms with E-state index in [0.717, 1.165) is 22.4 Å². The van der Waals surface area contributed by atoms with Crippen LogP contribution in [0.3, 0.4) is 0 Å². The Morgan fingerprint density at radius 1 is 1.03 bits per heavy atom. The molecule has 0 unspecified atom stereocenters. The average molecular weight is 407 g/mol. The number of nitrogens with one attached hydrogen (secondary N) is 1. The van der Waals surface area contributed by atoms with E-state index in [0.29, 0.717) is 23.6 Å². The maximum Gasteiger partial charge on any atom is 0.275 e. The van der Waals surface area contributed by atoms with Crippen LogP contribution in [0, 0.1) is 25.2 Å². The zero-order valence-corrected chi connectivity index (χ0v) is 17.3. The smallest absolute Gasteiger partial charge is 0.275 e. The number of anilines is 1. The van der Waals surface area contributed by atoms with E-state index in [9.17, 15) is 4.79 Å². The number of pyridine rings is 1. The molecule has 6 nitrogen and oxygen atoms in total. The molecule has 2 aromatic heterocycles. The molecule has 0 atom stereocenters. The van der Waals surface area contributed by atoms with Crippen molar-refractivity contribution in [3.05, 3.63) is 101 Å². The van der Waals surface area contributed by atoms with Crippen molar-refractivity contribution in [2.45, 2.75) is 20.4 Å². The van der Waals surface area contributed by atoms with Crippen LogP contribution in [0.5, 0.6) is 0 Å². The fourth-order valence-electron chi connectivity index (χ4n) is 3.37. The summed E-state index contributed by atoms with van der Waals surface area (Å²) < 4.78 is 1.78. The molecule has 0 bridgehead atoms. The average Bonchev–Trinajstić information content (AvgIpc) is 3.16. The van der Waals surface area contributed by atoms with Crippen molar-refractivity contribution in [2.75, 3.05) is 5.32 Å². The van der Waals surface area contributed by atoms with Crippen LogP contribution in [-0.4, -0.2) is 20.7 Å². The van der Waals surface area contributed by atoms with E-state index in [-0.39, 0.29) is 11.6 Å². The molecule has 0 spiro atoms. The number of nitrogens with zero attached hydrogens (tertiary/aromatic N) is 4. The van der Waals surface area contributed by atoms with Crippen molar-refractivity contribution in [1.82, 2.24) is 14.8 Å². The van der Waals surface area contributed by atoms with E-state index in [1.165, 1.54) is 0 Å². The molecule has 1 amide bonds. The second-order valence-electron chi connectivity index (χ2n) is 7.27. The summed E-state index contributed by atoms with van der Waals surface area (Å²) in [6.45, 7) is 4.26. The number of amides is 1. The van der Waals surface area contributed by atoms with Crippen LogP contribution in [0.4, 0.5) is 5.82 Å². The molecule has 0 fully saturated rings. The fraction of sp³-hybridized carbons (Fsp3) is 0.120. The van der Waals surface area contributed by atoms with Gasteiger partial charge >= 0.3 is 0 Å². The predicted octanol–water partition coefficient (Wildman–Crippen LogP) is 4.73. The Morgan fingerprint density at radius 3 is 2.48 bits per heavy atom. The van der Waals surface area contributed by atoms with E-state index in [1.54, 1.807) is 23.7 Å². The molecule has 0 aliphatic heterocycles. The number of hydrogen-bond acceptors (Lipinski definition) is 4. The van der Waals surface area contributed by atoms with Gasteiger partial charge in [0.25, 0.3) is 5.91 Å². The maximum absolute atomic E-state index is 12.9. The van der Waals surface area contributed by atoms with E-state index in [1.807, 2.05) is 67.6 Å². The Bertz CT molecular complexity index is 1290. The molecular weight excluding hydrogens is 386 g/mol. The van der Waals surface area contributed by atoms with Gasteiger partial charge in [-0.15, -0.1) is 0 Å². The minimum Gasteiger partial charge on any atom is -0.305 e. The molecule has 4 rings (SSSR count). The first-order valence-corrected chi connectivity index (χ1v) is 9.92. The summed E-state index contributed by atoms with van der Waals surface area (Å²) in [4.78, 5) is 17.2. The molecule has 0 aliphatic carbocycles. The van der Waals surface area contributed by atoms with Gasteiger partial charge in [-0.05, 0) is 37.1 Å². The zero-order chi connectivity index (χ0) is 21.8. The summed E-state index contributed by atoms with van der Waals surface area (Å²) in [5, 5.41) is 16.8. The summed E-state index contributed by atoms with van der Waals surface area (Å²) in [7, 11) is 0. The first-order valence-electron chi connectivity index (χ1n) is 9.92. The molecule has 152 valence electrons. The second kappa shape index (κ2) is 8.64. The summed E-state index contributed by atoms with van der Waals surface area (Å²) >= 11 is 0. The van der Waals surface area contributed by atoms with E-state index < -0.39 is 0 Å². The largest absolute Gasteiger partial charge is 0.305 e. The van der Waals surface area contributed by atoms with Crippen molar-refractivity contribution >= 4 is 11.7 Å². The molecule has 6 heteroatoms. The molecule has 1 N–H and O–H groups in total. The van der Waals surface area contributed by atoms with Gasteiger partial charge in [0.2, 0.25) is 0 Å². The van der Waals surface area contributed by atoms with E-state index in [2.05, 4.69) is 16.4 Å². The highest BCUT2D eigenvalue weighted by Crippen LogP contribution is 2.26. The Balaban J connectivity index is 1.69. The van der Waals surface area contributed by atoms with Crippen LogP contribution in [0.15, 0.2) is 72.8 Å². The summed E-state index contributed by atoms with van der Waals surface area (Å²) in [6.07, 6.45) is 0. The highest BCUT2D eigenvalue weighted by Gasteiger charge is 2.16. The number of aromatic nitrogens is 3. The van der Waals surface area contributed by atoms with Gasteiger partial charge < -0.3 is 5.32 Å². The number of carbonyl (C=O) groups excluding carboxylic acids is 1. The molecule has 0 saturated heterocycles. The number of hydrogen-bond donors (Lipinski definition) is 1. The molecule has 0 radical (unpaired) electrons. The van der Waals surface area contributed by atoms with Crippen molar-refractivity contribution in [3.8, 4) is 17.3 Å². The summed E-state index contributed by atoms with van der Waals surface area (Å²) in [5.74, 6) is 0.231. The van der Waals surface area contributed by atoms with Crippen molar-refractivity contribution in [3.63, 3.8) is 0 Å². The normalized spacial score (nSPS) is 10.5. The lowest BCUT2D eigenvalue weighted by Gasteiger charge is -2.09. The van der Waals surface area contributed by atoms with Gasteiger partial charge in [0.05, 0.1) is 23.5 Å². The molecule has 0 saturated carbocycles. The number of benzene rings is 2. The van der Waals surface area contributed by atoms with Crippen molar-refractivity contribution < 1.29 is 4.79 Å². The molecule has 4 aromatic rings. The first kappa shape index (κ1) is 20.0. The van der Waals surface area contributed by atoms with Crippen LogP contribution < -0.4 is 5.32 Å². The molecule has 31 heavy (non-hydrogen) atoms. The Kier molecular flexibility index (Phi) is 5.59. The monoisotopic (exact) mass is 407 g/mol. The van der Waals surface area contributed by atoms with Crippen LogP contribution in [0.1, 0.15) is 32.9 Å². The lowest BCUT2D eigenvalue weighted by atomic mass is 10.1. The van der Waals surface area contributed by atoms with Gasteiger partial charge in [0.15, 0.2) is 0 Å². The van der Waals surface area contributed by atoms with Crippen LogP contribution in [0.2, 0.25) is 0 Å². The fourth-order valence-corrected chi connectivity index (χ4v) is 3.37. The number of nitriles is 1. The quantitative estimate of drug-likeness (QED) is 0.518. The lowest BCUT2D eigenvalue weighted by Crippen LogP contribution is -2.17. The van der Waals surface area contributed by atoms with Gasteiger partial charge in [-0.25, -0.2) is 9.67 Å². The third-order valence-corrected chi connectivity index (χ3v) is 5.06. The molecule has 2 aromatic carbocycles. The number of carbonyl (C=O) groups is 1. The second-order valence-corrected chi connectivity index (χ2v) is 7.27. The van der Waals surface area contributed by atoms with Gasteiger partial charge in [-0.3, -0.25) is 4.79 Å². The standard InChI is InChI=1S/C25H21N5O/c1-17-8-6-7-11-21(17)23-14-24(30(29-23)16-19-9-4-3-5-10-19)28-25(31)22-13-12-20(15-26)18(2)27-22/h3-14H,16H2,1-2H3,(H,28,31). The first-order chi connectivity index (χ1) is 15.0. The Morgan fingerprint density at radius 2 is 1.77 bits per heavy atom. The van der Waals surface area contributed by atoms with Crippen LogP contribution in [-0.2, 0) is 6.54 Å². The van der Waals surface area contributed by atoms with Gasteiger partial charge in [0.1, 0.15) is 17.6 Å². The van der Waals surface area contributed by atoms with Gasteiger partial charge in [-0.2, -0.15) is 10.4 Å². The lowest BCUT2D eigenvalue weighted by molar-refractivity contribution is 0.102. The Hall–Kier alpha value is -4.24. The highest BCUT2D eigenvalue weighted by molar-refractivity contribution is 6.02. The maximum atomic E-state index is 12.9. The van der Waals surface area contributed by atoms with Crippen LogP contribution >= 0.6 is 0 Å². The SMILES string of the molecule is Cc1ccccc1-c1cc(NC(=O)c2ccc(C#N)c(C)n2)n(Cc2ccccc2)n1. The van der Waals surface area contributed by atoms with E-state index >= 15 is 0 Å². The Labute approximate surface area is 180 Å². The molecular formula is C25H21N5O. The molecule has 2 heterocycles. The van der Waals surface area contributed by atoms with Crippen molar-refractivity contribution in [1.29, 1.82) is 5.26 Å². The number of rotatable bonds is 5. The minimum atomic E-state index is -0.349.